The second-order valence-corrected chi connectivity index (χ2v) is 8.69. The molecule has 1 aliphatic rings. The number of rotatable bonds is 6. The van der Waals surface area contributed by atoms with E-state index in [0.717, 1.165) is 12.8 Å². The molecule has 7 heteroatoms. The number of urea groups is 1. The van der Waals surface area contributed by atoms with Crippen LogP contribution in [0.1, 0.15) is 39.0 Å². The largest absolute Gasteiger partial charge is 0.322 e. The summed E-state index contributed by atoms with van der Waals surface area (Å²) in [6.07, 6.45) is 5.70. The number of benzene rings is 2. The highest BCUT2D eigenvalue weighted by atomic mass is 32.2. The van der Waals surface area contributed by atoms with Gasteiger partial charge in [0.2, 0.25) is 0 Å². The number of anilines is 2. The van der Waals surface area contributed by atoms with Gasteiger partial charge >= 0.3 is 6.03 Å². The molecule has 2 N–H and O–H groups in total. The minimum atomic E-state index is -3.63. The Morgan fingerprint density at radius 3 is 2.18 bits per heavy atom. The molecule has 0 radical (unpaired) electrons. The average Bonchev–Trinajstić information content (AvgIpc) is 2.71. The molecule has 28 heavy (non-hydrogen) atoms. The lowest BCUT2D eigenvalue weighted by molar-refractivity contribution is 0.172. The van der Waals surface area contributed by atoms with Crippen LogP contribution in [0.15, 0.2) is 59.5 Å². The Balaban J connectivity index is 1.63. The van der Waals surface area contributed by atoms with Crippen molar-refractivity contribution in [3.8, 4) is 0 Å². The molecule has 150 valence electrons. The average molecular weight is 402 g/mol. The first-order chi connectivity index (χ1) is 13.5. The van der Waals surface area contributed by atoms with E-state index in [9.17, 15) is 13.2 Å². The molecule has 0 aromatic heterocycles. The minimum absolute atomic E-state index is 0.105. The molecule has 2 amide bonds. The van der Waals surface area contributed by atoms with Crippen molar-refractivity contribution in [2.75, 3.05) is 16.6 Å². The summed E-state index contributed by atoms with van der Waals surface area (Å²) in [5.74, 6) is 0. The number of amides is 2. The number of carbonyl (C=O) groups excluding carboxylic acids is 1. The van der Waals surface area contributed by atoms with Crippen LogP contribution in [0.25, 0.3) is 0 Å². The molecule has 2 aromatic rings. The van der Waals surface area contributed by atoms with Gasteiger partial charge in [-0.05, 0) is 56.2 Å². The van der Waals surface area contributed by atoms with Gasteiger partial charge in [0.15, 0.2) is 0 Å². The molecule has 0 bridgehead atoms. The highest BCUT2D eigenvalue weighted by Gasteiger charge is 2.24. The summed E-state index contributed by atoms with van der Waals surface area (Å²) in [5.41, 5.74) is 1.09. The molecule has 0 atom stereocenters. The zero-order valence-electron chi connectivity index (χ0n) is 16.1. The molecule has 0 aliphatic heterocycles. The normalized spacial score (nSPS) is 15.0. The maximum Gasteiger partial charge on any atom is 0.322 e. The first-order valence-corrected chi connectivity index (χ1v) is 11.2. The van der Waals surface area contributed by atoms with Gasteiger partial charge in [-0.15, -0.1) is 0 Å². The molecule has 0 spiro atoms. The number of nitrogens with zero attached hydrogens (tertiary/aromatic N) is 1. The summed E-state index contributed by atoms with van der Waals surface area (Å²) in [7, 11) is -3.63. The Morgan fingerprint density at radius 1 is 0.964 bits per heavy atom. The highest BCUT2D eigenvalue weighted by molar-refractivity contribution is 7.92. The van der Waals surface area contributed by atoms with Crippen LogP contribution >= 0.6 is 0 Å². The molecular formula is C21H27N3O3S. The van der Waals surface area contributed by atoms with E-state index in [1.165, 1.54) is 19.3 Å². The topological polar surface area (TPSA) is 78.5 Å². The molecule has 0 heterocycles. The number of hydrogen-bond acceptors (Lipinski definition) is 3. The summed E-state index contributed by atoms with van der Waals surface area (Å²) in [6, 6.07) is 15.1. The second kappa shape index (κ2) is 9.10. The lowest BCUT2D eigenvalue weighted by Crippen LogP contribution is -2.43. The fourth-order valence-corrected chi connectivity index (χ4v) is 4.67. The predicted molar refractivity (Wildman–Crippen MR) is 112 cm³/mol. The molecule has 0 unspecified atom stereocenters. The maximum atomic E-state index is 12.6. The first kappa shape index (κ1) is 20.2. The summed E-state index contributed by atoms with van der Waals surface area (Å²) < 4.78 is 27.3. The van der Waals surface area contributed by atoms with E-state index < -0.39 is 10.0 Å². The Kier molecular flexibility index (Phi) is 6.57. The van der Waals surface area contributed by atoms with Gasteiger partial charge in [-0.25, -0.2) is 13.2 Å². The Labute approximate surface area is 167 Å². The highest BCUT2D eigenvalue weighted by Crippen LogP contribution is 2.24. The van der Waals surface area contributed by atoms with Crippen LogP contribution in [0, 0.1) is 0 Å². The van der Waals surface area contributed by atoms with Gasteiger partial charge in [0, 0.05) is 24.0 Å². The predicted octanol–water partition coefficient (Wildman–Crippen LogP) is 4.67. The van der Waals surface area contributed by atoms with Crippen molar-refractivity contribution in [2.45, 2.75) is 50.0 Å². The fraction of sp³-hybridized carbons (Fsp3) is 0.381. The number of hydrogen-bond donors (Lipinski definition) is 2. The Hall–Kier alpha value is -2.54. The third kappa shape index (κ3) is 5.04. The Bertz CT molecular complexity index is 877. The summed E-state index contributed by atoms with van der Waals surface area (Å²) >= 11 is 0. The number of nitrogens with one attached hydrogen (secondary N) is 2. The minimum Gasteiger partial charge on any atom is -0.322 e. The van der Waals surface area contributed by atoms with Gasteiger partial charge in [-0.2, -0.15) is 0 Å². The van der Waals surface area contributed by atoms with Gasteiger partial charge < -0.3 is 10.2 Å². The number of carbonyl (C=O) groups is 1. The lowest BCUT2D eigenvalue weighted by Gasteiger charge is -2.33. The molecule has 6 nitrogen and oxygen atoms in total. The fourth-order valence-electron chi connectivity index (χ4n) is 3.59. The smallest absolute Gasteiger partial charge is 0.322 e. The second-order valence-electron chi connectivity index (χ2n) is 7.00. The molecule has 1 aliphatic carbocycles. The van der Waals surface area contributed by atoms with Crippen molar-refractivity contribution in [3.05, 3.63) is 54.6 Å². The van der Waals surface area contributed by atoms with E-state index in [1.54, 1.807) is 54.6 Å². The molecule has 3 rings (SSSR count). The van der Waals surface area contributed by atoms with Crippen LogP contribution in [0.4, 0.5) is 16.2 Å². The summed E-state index contributed by atoms with van der Waals surface area (Å²) in [6.45, 7) is 2.67. The third-order valence-corrected chi connectivity index (χ3v) is 6.46. The van der Waals surface area contributed by atoms with Gasteiger partial charge in [0.1, 0.15) is 0 Å². The standard InChI is InChI=1S/C21H27N3O3S/c1-2-24(19-9-5-3-6-10-19)21(25)22-17-13-15-18(16-14-17)23-28(26,27)20-11-7-4-8-12-20/h4,7-8,11-16,19,23H,2-3,5-6,9-10H2,1H3,(H,22,25). The zero-order chi connectivity index (χ0) is 20.0. The van der Waals surface area contributed by atoms with Crippen molar-refractivity contribution < 1.29 is 13.2 Å². The molecule has 1 fully saturated rings. The van der Waals surface area contributed by atoms with E-state index >= 15 is 0 Å². The van der Waals surface area contributed by atoms with Crippen LogP contribution < -0.4 is 10.0 Å². The molecule has 1 saturated carbocycles. The zero-order valence-corrected chi connectivity index (χ0v) is 16.9. The number of sulfonamides is 1. The van der Waals surface area contributed by atoms with E-state index in [-0.39, 0.29) is 10.9 Å². The van der Waals surface area contributed by atoms with Crippen LogP contribution in [0.2, 0.25) is 0 Å². The first-order valence-electron chi connectivity index (χ1n) is 9.75. The monoisotopic (exact) mass is 401 g/mol. The van der Waals surface area contributed by atoms with Gasteiger partial charge in [-0.1, -0.05) is 37.5 Å². The summed E-state index contributed by atoms with van der Waals surface area (Å²) in [5, 5.41) is 2.92. The van der Waals surface area contributed by atoms with Gasteiger partial charge in [-0.3, -0.25) is 4.72 Å². The van der Waals surface area contributed by atoms with E-state index in [2.05, 4.69) is 10.0 Å². The van der Waals surface area contributed by atoms with Crippen LogP contribution in [-0.2, 0) is 10.0 Å². The van der Waals surface area contributed by atoms with Gasteiger partial charge in [0.05, 0.1) is 4.90 Å². The van der Waals surface area contributed by atoms with Crippen molar-refractivity contribution in [2.24, 2.45) is 0 Å². The van der Waals surface area contributed by atoms with Crippen LogP contribution in [-0.4, -0.2) is 31.9 Å². The van der Waals surface area contributed by atoms with E-state index in [0.29, 0.717) is 24.0 Å². The SMILES string of the molecule is CCN(C(=O)Nc1ccc(NS(=O)(=O)c2ccccc2)cc1)C1CCCCC1. The molecule has 2 aromatic carbocycles. The lowest BCUT2D eigenvalue weighted by atomic mass is 9.94. The third-order valence-electron chi connectivity index (χ3n) is 5.06. The van der Waals surface area contributed by atoms with E-state index in [4.69, 9.17) is 0 Å². The Morgan fingerprint density at radius 2 is 1.57 bits per heavy atom. The van der Waals surface area contributed by atoms with Crippen molar-refractivity contribution >= 4 is 27.4 Å². The molecular weight excluding hydrogens is 374 g/mol. The van der Waals surface area contributed by atoms with E-state index in [1.807, 2.05) is 11.8 Å². The van der Waals surface area contributed by atoms with Gasteiger partial charge in [0.25, 0.3) is 10.0 Å². The quantitative estimate of drug-likeness (QED) is 0.738. The maximum absolute atomic E-state index is 12.6. The van der Waals surface area contributed by atoms with Crippen molar-refractivity contribution in [1.29, 1.82) is 0 Å². The molecule has 0 saturated heterocycles. The van der Waals surface area contributed by atoms with Crippen LogP contribution in [0.3, 0.4) is 0 Å². The summed E-state index contributed by atoms with van der Waals surface area (Å²) in [4.78, 5) is 14.7. The van der Waals surface area contributed by atoms with Crippen molar-refractivity contribution in [1.82, 2.24) is 4.90 Å². The van der Waals surface area contributed by atoms with Crippen LogP contribution in [0.5, 0.6) is 0 Å². The van der Waals surface area contributed by atoms with Crippen molar-refractivity contribution in [3.63, 3.8) is 0 Å².